The number of halogens is 1. The molecule has 130 valence electrons. The summed E-state index contributed by atoms with van der Waals surface area (Å²) in [6.45, 7) is 1.67. The van der Waals surface area contributed by atoms with Gasteiger partial charge in [-0.05, 0) is 43.2 Å². The topological polar surface area (TPSA) is 53.9 Å². The Morgan fingerprint density at radius 1 is 1.04 bits per heavy atom. The first-order valence-electron chi connectivity index (χ1n) is 8.76. The van der Waals surface area contributed by atoms with Crippen LogP contribution >= 0.6 is 0 Å². The van der Waals surface area contributed by atoms with Crippen molar-refractivity contribution < 1.29 is 4.39 Å². The molecule has 4 aromatic rings. The first-order chi connectivity index (χ1) is 12.7. The summed E-state index contributed by atoms with van der Waals surface area (Å²) in [6.07, 6.45) is 2.12. The lowest BCUT2D eigenvalue weighted by molar-refractivity contribution is 0.624. The van der Waals surface area contributed by atoms with Gasteiger partial charge in [0.05, 0.1) is 22.2 Å². The van der Waals surface area contributed by atoms with Gasteiger partial charge in [-0.25, -0.2) is 13.9 Å². The molecule has 0 atom stereocenters. The lowest BCUT2D eigenvalue weighted by Crippen LogP contribution is -2.21. The minimum atomic E-state index is -0.255. The third-order valence-electron chi connectivity index (χ3n) is 5.00. The van der Waals surface area contributed by atoms with E-state index in [0.29, 0.717) is 22.5 Å². The standard InChI is InChI=1S/C20H17FN4O/c21-14-11-13-7-8-19(26)25(17(13)12-18(14)24-9-3-4-10-24)20-22-15-5-1-2-6-16(15)23-20/h1-2,5-8,11-12H,3-4,9-10H2,(H,22,23). The van der Waals surface area contributed by atoms with Gasteiger partial charge in [0.1, 0.15) is 5.82 Å². The van der Waals surface area contributed by atoms with Gasteiger partial charge >= 0.3 is 0 Å². The van der Waals surface area contributed by atoms with Crippen LogP contribution in [0.3, 0.4) is 0 Å². The third-order valence-corrected chi connectivity index (χ3v) is 5.00. The lowest BCUT2D eigenvalue weighted by atomic mass is 10.1. The molecular weight excluding hydrogens is 331 g/mol. The number of nitrogens with zero attached hydrogens (tertiary/aromatic N) is 3. The maximum Gasteiger partial charge on any atom is 0.257 e. The number of aromatic nitrogens is 3. The highest BCUT2D eigenvalue weighted by Gasteiger charge is 2.19. The zero-order valence-electron chi connectivity index (χ0n) is 14.1. The van der Waals surface area contributed by atoms with Crippen molar-refractivity contribution in [2.75, 3.05) is 18.0 Å². The van der Waals surface area contributed by atoms with Crippen molar-refractivity contribution in [3.8, 4) is 5.95 Å². The van der Waals surface area contributed by atoms with Gasteiger partial charge < -0.3 is 9.88 Å². The number of benzene rings is 2. The minimum absolute atomic E-state index is 0.199. The Labute approximate surface area is 148 Å². The largest absolute Gasteiger partial charge is 0.369 e. The summed E-state index contributed by atoms with van der Waals surface area (Å²) in [5.41, 5.74) is 2.64. The fraction of sp³-hybridized carbons (Fsp3) is 0.200. The number of anilines is 1. The summed E-state index contributed by atoms with van der Waals surface area (Å²) in [5.74, 6) is 0.190. The molecule has 1 aliphatic rings. The maximum atomic E-state index is 14.6. The molecular formula is C20H17FN4O. The van der Waals surface area contributed by atoms with Gasteiger partial charge in [0.15, 0.2) is 0 Å². The maximum absolute atomic E-state index is 14.6. The van der Waals surface area contributed by atoms with E-state index in [2.05, 4.69) is 9.97 Å². The predicted octanol–water partition coefficient (Wildman–Crippen LogP) is 3.61. The molecule has 2 aromatic carbocycles. The number of nitrogens with one attached hydrogen (secondary N) is 1. The second kappa shape index (κ2) is 5.69. The summed E-state index contributed by atoms with van der Waals surface area (Å²) in [6, 6.07) is 14.0. The molecule has 5 nitrogen and oxygen atoms in total. The molecule has 5 rings (SSSR count). The molecule has 0 radical (unpaired) electrons. The van der Waals surface area contributed by atoms with Crippen molar-refractivity contribution >= 4 is 27.6 Å². The van der Waals surface area contributed by atoms with E-state index < -0.39 is 0 Å². The van der Waals surface area contributed by atoms with E-state index in [1.807, 2.05) is 29.2 Å². The number of aromatic amines is 1. The Balaban J connectivity index is 1.79. The summed E-state index contributed by atoms with van der Waals surface area (Å²) < 4.78 is 16.1. The second-order valence-corrected chi connectivity index (χ2v) is 6.64. The van der Waals surface area contributed by atoms with Crippen LogP contribution in [0.2, 0.25) is 0 Å². The van der Waals surface area contributed by atoms with Gasteiger partial charge in [-0.1, -0.05) is 12.1 Å². The molecule has 0 bridgehead atoms. The van der Waals surface area contributed by atoms with E-state index in [1.54, 1.807) is 12.1 Å². The van der Waals surface area contributed by atoms with Crippen molar-refractivity contribution in [1.29, 1.82) is 0 Å². The van der Waals surface area contributed by atoms with Crippen LogP contribution in [0.25, 0.3) is 27.9 Å². The molecule has 26 heavy (non-hydrogen) atoms. The van der Waals surface area contributed by atoms with Crippen molar-refractivity contribution in [2.45, 2.75) is 12.8 Å². The van der Waals surface area contributed by atoms with Gasteiger partial charge in [-0.2, -0.15) is 0 Å². The first kappa shape index (κ1) is 15.1. The van der Waals surface area contributed by atoms with Gasteiger partial charge in [0.2, 0.25) is 5.95 Å². The Bertz CT molecular complexity index is 1150. The van der Waals surface area contributed by atoms with Crippen LogP contribution < -0.4 is 10.5 Å². The molecule has 6 heteroatoms. The van der Waals surface area contributed by atoms with Crippen LogP contribution in [0.1, 0.15) is 12.8 Å². The lowest BCUT2D eigenvalue weighted by Gasteiger charge is -2.19. The average Bonchev–Trinajstić information content (AvgIpc) is 3.30. The number of para-hydroxylation sites is 2. The van der Waals surface area contributed by atoms with Crippen molar-refractivity contribution in [3.05, 3.63) is 64.7 Å². The molecule has 1 fully saturated rings. The van der Waals surface area contributed by atoms with Crippen LogP contribution in [0.5, 0.6) is 0 Å². The highest BCUT2D eigenvalue weighted by Crippen LogP contribution is 2.29. The van der Waals surface area contributed by atoms with Crippen LogP contribution in [0, 0.1) is 5.82 Å². The molecule has 1 aliphatic heterocycles. The summed E-state index contributed by atoms with van der Waals surface area (Å²) >= 11 is 0. The monoisotopic (exact) mass is 348 g/mol. The van der Waals surface area contributed by atoms with E-state index >= 15 is 0 Å². The van der Waals surface area contributed by atoms with Gasteiger partial charge in [-0.3, -0.25) is 4.79 Å². The molecule has 0 spiro atoms. The molecule has 0 aliphatic carbocycles. The van der Waals surface area contributed by atoms with Crippen molar-refractivity contribution in [1.82, 2.24) is 14.5 Å². The number of fused-ring (bicyclic) bond motifs is 2. The number of pyridine rings is 1. The molecule has 0 amide bonds. The Morgan fingerprint density at radius 3 is 2.65 bits per heavy atom. The second-order valence-electron chi connectivity index (χ2n) is 6.64. The fourth-order valence-corrected chi connectivity index (χ4v) is 3.71. The molecule has 0 saturated carbocycles. The smallest absolute Gasteiger partial charge is 0.257 e. The van der Waals surface area contributed by atoms with Gasteiger partial charge in [-0.15, -0.1) is 0 Å². The number of rotatable bonds is 2. The predicted molar refractivity (Wildman–Crippen MR) is 101 cm³/mol. The highest BCUT2D eigenvalue weighted by atomic mass is 19.1. The van der Waals surface area contributed by atoms with E-state index in [0.717, 1.165) is 37.0 Å². The molecule has 1 saturated heterocycles. The first-order valence-corrected chi connectivity index (χ1v) is 8.76. The molecule has 2 aromatic heterocycles. The van der Waals surface area contributed by atoms with E-state index in [9.17, 15) is 9.18 Å². The van der Waals surface area contributed by atoms with Gasteiger partial charge in [0.25, 0.3) is 5.56 Å². The zero-order chi connectivity index (χ0) is 17.7. The van der Waals surface area contributed by atoms with Crippen LogP contribution in [0.4, 0.5) is 10.1 Å². The van der Waals surface area contributed by atoms with Crippen molar-refractivity contribution in [3.63, 3.8) is 0 Å². The van der Waals surface area contributed by atoms with Crippen LogP contribution in [-0.4, -0.2) is 27.6 Å². The van der Waals surface area contributed by atoms with Crippen LogP contribution in [-0.2, 0) is 0 Å². The number of imidazole rings is 1. The minimum Gasteiger partial charge on any atom is -0.369 e. The number of H-pyrrole nitrogens is 1. The average molecular weight is 348 g/mol. The quantitative estimate of drug-likeness (QED) is 0.602. The Morgan fingerprint density at radius 2 is 1.85 bits per heavy atom. The van der Waals surface area contributed by atoms with E-state index in [1.165, 1.54) is 16.7 Å². The third kappa shape index (κ3) is 2.29. The SMILES string of the molecule is O=c1ccc2cc(F)c(N3CCCC3)cc2n1-c1nc2ccccc2[nH]1. The molecule has 1 N–H and O–H groups in total. The Hall–Kier alpha value is -3.15. The normalized spacial score (nSPS) is 14.6. The summed E-state index contributed by atoms with van der Waals surface area (Å²) in [4.78, 5) is 22.4. The summed E-state index contributed by atoms with van der Waals surface area (Å²) in [5, 5.41) is 0.672. The van der Waals surface area contributed by atoms with Gasteiger partial charge in [0, 0.05) is 24.5 Å². The Kier molecular flexibility index (Phi) is 3.31. The highest BCUT2D eigenvalue weighted by molar-refractivity contribution is 5.85. The molecule has 3 heterocycles. The number of hydrogen-bond donors (Lipinski definition) is 1. The van der Waals surface area contributed by atoms with E-state index in [-0.39, 0.29) is 11.4 Å². The summed E-state index contributed by atoms with van der Waals surface area (Å²) in [7, 11) is 0. The van der Waals surface area contributed by atoms with Crippen LogP contribution in [0.15, 0.2) is 53.3 Å². The molecule has 0 unspecified atom stereocenters. The zero-order valence-corrected chi connectivity index (χ0v) is 14.1. The van der Waals surface area contributed by atoms with E-state index in [4.69, 9.17) is 0 Å². The number of hydrogen-bond acceptors (Lipinski definition) is 3. The fourth-order valence-electron chi connectivity index (χ4n) is 3.71. The van der Waals surface area contributed by atoms with Crippen molar-refractivity contribution in [2.24, 2.45) is 0 Å².